The largest absolute Gasteiger partial charge is 0.477 e. The highest BCUT2D eigenvalue weighted by molar-refractivity contribution is 8.03. The number of piperidine rings is 1. The number of likely N-dealkylation sites (N-methyl/N-ethyl adjacent to an activating group) is 1. The third-order valence-corrected chi connectivity index (χ3v) is 7.27. The van der Waals surface area contributed by atoms with Gasteiger partial charge in [-0.25, -0.2) is 4.79 Å². The Hall–Kier alpha value is -1.58. The van der Waals surface area contributed by atoms with E-state index < -0.39 is 18.0 Å². The molecule has 0 aromatic heterocycles. The summed E-state index contributed by atoms with van der Waals surface area (Å²) in [5, 5.41) is 23.0. The number of hydrogen-bond donors (Lipinski definition) is 3. The number of nitrogens with one attached hydrogen (secondary N) is 1. The minimum atomic E-state index is -1.10. The molecule has 0 unspecified atom stereocenters. The molecule has 2 saturated heterocycles. The lowest BCUT2D eigenvalue weighted by atomic mass is 9.79. The van der Waals surface area contributed by atoms with E-state index in [-0.39, 0.29) is 40.8 Å². The monoisotopic (exact) mass is 397 g/mol. The topological polar surface area (TPSA) is 110 Å². The highest BCUT2D eigenvalue weighted by Gasteiger charge is 2.60. The Bertz CT molecular complexity index is 684. The van der Waals surface area contributed by atoms with Gasteiger partial charge in [-0.15, -0.1) is 11.8 Å². The molecule has 3 N–H and O–H groups in total. The molecule has 3 heterocycles. The molecule has 3 rings (SSSR count). The van der Waals surface area contributed by atoms with Crippen molar-refractivity contribution in [1.82, 2.24) is 15.1 Å². The number of aliphatic hydroxyl groups excluding tert-OH is 1. The van der Waals surface area contributed by atoms with Gasteiger partial charge in [0.1, 0.15) is 5.70 Å². The molecule has 27 heavy (non-hydrogen) atoms. The molecule has 3 aliphatic rings. The third kappa shape index (κ3) is 3.36. The van der Waals surface area contributed by atoms with E-state index in [0.29, 0.717) is 17.9 Å². The summed E-state index contributed by atoms with van der Waals surface area (Å²) in [6.07, 6.45) is 0.694. The number of thioether (sulfide) groups is 1. The van der Waals surface area contributed by atoms with Crippen molar-refractivity contribution in [1.29, 1.82) is 0 Å². The molecule has 0 spiro atoms. The van der Waals surface area contributed by atoms with Crippen LogP contribution in [0.15, 0.2) is 10.6 Å². The van der Waals surface area contributed by atoms with Gasteiger partial charge in [-0.2, -0.15) is 0 Å². The normalized spacial score (nSPS) is 34.2. The van der Waals surface area contributed by atoms with Crippen molar-refractivity contribution < 1.29 is 24.6 Å². The zero-order valence-corrected chi connectivity index (χ0v) is 16.8. The van der Waals surface area contributed by atoms with E-state index >= 15 is 0 Å². The maximum Gasteiger partial charge on any atom is 0.353 e. The van der Waals surface area contributed by atoms with E-state index in [9.17, 15) is 24.6 Å². The van der Waals surface area contributed by atoms with Crippen LogP contribution in [-0.2, 0) is 14.4 Å². The Labute approximate surface area is 163 Å². The number of carbonyl (C=O) groups excluding carboxylic acids is 2. The fraction of sp³-hybridized carbons (Fsp3) is 0.722. The molecule has 0 bridgehead atoms. The van der Waals surface area contributed by atoms with Crippen LogP contribution >= 0.6 is 11.8 Å². The predicted molar refractivity (Wildman–Crippen MR) is 101 cm³/mol. The number of carboxylic acid groups (broad SMARTS) is 1. The summed E-state index contributed by atoms with van der Waals surface area (Å²) in [5.74, 6) is -2.03. The maximum absolute atomic E-state index is 12.4. The number of aliphatic carboxylic acids is 1. The Morgan fingerprint density at radius 2 is 2.00 bits per heavy atom. The molecule has 6 atom stereocenters. The first-order valence-electron chi connectivity index (χ1n) is 9.25. The van der Waals surface area contributed by atoms with E-state index in [0.717, 1.165) is 6.42 Å². The molecule has 150 valence electrons. The van der Waals surface area contributed by atoms with Crippen molar-refractivity contribution in [3.8, 4) is 0 Å². The number of fused-ring (bicyclic) bond motifs is 1. The third-order valence-electron chi connectivity index (χ3n) is 5.71. The van der Waals surface area contributed by atoms with Gasteiger partial charge >= 0.3 is 5.97 Å². The second kappa shape index (κ2) is 7.44. The molecular formula is C18H27N3O5S. The van der Waals surface area contributed by atoms with E-state index in [1.807, 2.05) is 6.92 Å². The standard InChI is InChI=1S/C18H27N3O5S/c1-8-13-12(9(2)22)17(24)21(13)14(18(25)26)15(8)27-10-5-6-11(19-7-10)16(23)20(3)4/h8-13,19,22H,5-7H2,1-4H3,(H,25,26)/t8-,9+,10+,11+,12-,13-/m1/s1. The van der Waals surface area contributed by atoms with Crippen molar-refractivity contribution in [2.24, 2.45) is 11.8 Å². The summed E-state index contributed by atoms with van der Waals surface area (Å²) in [7, 11) is 3.46. The first kappa shape index (κ1) is 20.2. The zero-order chi connectivity index (χ0) is 20.0. The van der Waals surface area contributed by atoms with Gasteiger partial charge in [0.15, 0.2) is 0 Å². The summed E-state index contributed by atoms with van der Waals surface area (Å²) in [4.78, 5) is 39.9. The average molecular weight is 397 g/mol. The number of rotatable bonds is 5. The summed E-state index contributed by atoms with van der Waals surface area (Å²) in [6, 6.07) is -0.488. The highest BCUT2D eigenvalue weighted by atomic mass is 32.2. The Morgan fingerprint density at radius 3 is 2.48 bits per heavy atom. The zero-order valence-electron chi connectivity index (χ0n) is 16.0. The van der Waals surface area contributed by atoms with Crippen LogP contribution in [0.2, 0.25) is 0 Å². The van der Waals surface area contributed by atoms with Crippen LogP contribution in [0.1, 0.15) is 26.7 Å². The van der Waals surface area contributed by atoms with Crippen LogP contribution < -0.4 is 5.32 Å². The quantitative estimate of drug-likeness (QED) is 0.564. The molecule has 0 saturated carbocycles. The Morgan fingerprint density at radius 1 is 1.33 bits per heavy atom. The van der Waals surface area contributed by atoms with Gasteiger partial charge in [-0.3, -0.25) is 9.59 Å². The molecule has 8 nitrogen and oxygen atoms in total. The molecule has 0 aromatic carbocycles. The lowest BCUT2D eigenvalue weighted by molar-refractivity contribution is -0.163. The van der Waals surface area contributed by atoms with Crippen molar-refractivity contribution >= 4 is 29.5 Å². The average Bonchev–Trinajstić information content (AvgIpc) is 2.84. The molecule has 0 aromatic rings. The number of carbonyl (C=O) groups is 3. The molecule has 2 amide bonds. The lowest BCUT2D eigenvalue weighted by Crippen LogP contribution is -2.63. The molecule has 0 radical (unpaired) electrons. The maximum atomic E-state index is 12.4. The van der Waals surface area contributed by atoms with Crippen molar-refractivity contribution in [2.45, 2.75) is 50.1 Å². The Kier molecular flexibility index (Phi) is 5.56. The Balaban J connectivity index is 1.72. The van der Waals surface area contributed by atoms with Gasteiger partial charge in [-0.1, -0.05) is 6.92 Å². The predicted octanol–water partition coefficient (Wildman–Crippen LogP) is 0.0821. The van der Waals surface area contributed by atoms with Crippen LogP contribution in [0.25, 0.3) is 0 Å². The van der Waals surface area contributed by atoms with E-state index in [4.69, 9.17) is 0 Å². The van der Waals surface area contributed by atoms with Crippen LogP contribution in [0.3, 0.4) is 0 Å². The lowest BCUT2D eigenvalue weighted by Gasteiger charge is -2.46. The van der Waals surface area contributed by atoms with Crippen molar-refractivity contribution in [2.75, 3.05) is 20.6 Å². The SMILES string of the molecule is C[C@H](O)[C@H]1C(=O)N2C(C(=O)O)=C(S[C@H]3CC[C@@H](C(=O)N(C)C)NC3)[C@H](C)[C@H]12. The summed E-state index contributed by atoms with van der Waals surface area (Å²) in [5.41, 5.74) is 0.0610. The fourth-order valence-electron chi connectivity index (χ4n) is 4.31. The number of amides is 2. The summed E-state index contributed by atoms with van der Waals surface area (Å²) in [6.45, 7) is 4.11. The number of nitrogens with zero attached hydrogens (tertiary/aromatic N) is 2. The van der Waals surface area contributed by atoms with Crippen LogP contribution in [0.4, 0.5) is 0 Å². The van der Waals surface area contributed by atoms with Gasteiger partial charge in [0.05, 0.1) is 24.1 Å². The fourth-order valence-corrected chi connectivity index (χ4v) is 5.76. The van der Waals surface area contributed by atoms with E-state index in [1.54, 1.807) is 25.9 Å². The first-order valence-corrected chi connectivity index (χ1v) is 10.1. The van der Waals surface area contributed by atoms with Crippen molar-refractivity contribution in [3.63, 3.8) is 0 Å². The number of carboxylic acids is 1. The second-order valence-corrected chi connectivity index (χ2v) is 9.12. The van der Waals surface area contributed by atoms with E-state index in [1.165, 1.54) is 16.7 Å². The van der Waals surface area contributed by atoms with Crippen LogP contribution in [-0.4, -0.2) is 81.9 Å². The van der Waals surface area contributed by atoms with Gasteiger partial charge in [0.25, 0.3) is 0 Å². The van der Waals surface area contributed by atoms with Gasteiger partial charge in [-0.05, 0) is 19.8 Å². The number of aliphatic hydroxyl groups is 1. The molecule has 3 aliphatic heterocycles. The number of hydrogen-bond acceptors (Lipinski definition) is 6. The molecular weight excluding hydrogens is 370 g/mol. The van der Waals surface area contributed by atoms with E-state index in [2.05, 4.69) is 5.32 Å². The van der Waals surface area contributed by atoms with Gasteiger partial charge in [0, 0.05) is 36.7 Å². The highest BCUT2D eigenvalue weighted by Crippen LogP contribution is 2.51. The minimum Gasteiger partial charge on any atom is -0.477 e. The summed E-state index contributed by atoms with van der Waals surface area (Å²) < 4.78 is 0. The molecule has 9 heteroatoms. The first-order chi connectivity index (χ1) is 12.6. The smallest absolute Gasteiger partial charge is 0.353 e. The molecule has 2 fully saturated rings. The van der Waals surface area contributed by atoms with Crippen LogP contribution in [0.5, 0.6) is 0 Å². The second-order valence-electron chi connectivity index (χ2n) is 7.78. The minimum absolute atomic E-state index is 0.0488. The van der Waals surface area contributed by atoms with Crippen molar-refractivity contribution in [3.05, 3.63) is 10.6 Å². The molecule has 0 aliphatic carbocycles. The number of β-lactam (4-membered cyclic amide) rings is 1. The van der Waals surface area contributed by atoms with Gasteiger partial charge < -0.3 is 25.3 Å². The summed E-state index contributed by atoms with van der Waals surface area (Å²) >= 11 is 1.49. The van der Waals surface area contributed by atoms with Crippen LogP contribution in [0, 0.1) is 11.8 Å². The van der Waals surface area contributed by atoms with Gasteiger partial charge in [0.2, 0.25) is 11.8 Å².